The SMILES string of the molecule is Cc1ccc(NS(=O)(=O)c2ccc(C(=O)N[C@@H](C)Cn3ccnc3)cc2)cc1. The summed E-state index contributed by atoms with van der Waals surface area (Å²) in [5.41, 5.74) is 1.92. The Kier molecular flexibility index (Phi) is 5.79. The van der Waals surface area contributed by atoms with Crippen LogP contribution in [0, 0.1) is 6.92 Å². The largest absolute Gasteiger partial charge is 0.348 e. The van der Waals surface area contributed by atoms with Gasteiger partial charge in [0.05, 0.1) is 11.2 Å². The molecule has 28 heavy (non-hydrogen) atoms. The number of benzene rings is 2. The van der Waals surface area contributed by atoms with Crippen molar-refractivity contribution in [2.24, 2.45) is 0 Å². The second-order valence-corrected chi connectivity index (χ2v) is 8.31. The Morgan fingerprint density at radius 1 is 1.11 bits per heavy atom. The van der Waals surface area contributed by atoms with E-state index in [1.807, 2.05) is 36.7 Å². The fraction of sp³-hybridized carbons (Fsp3) is 0.200. The van der Waals surface area contributed by atoms with Crippen molar-refractivity contribution in [3.05, 3.63) is 78.4 Å². The molecule has 2 N–H and O–H groups in total. The molecule has 0 fully saturated rings. The molecular weight excluding hydrogens is 376 g/mol. The third-order valence-electron chi connectivity index (χ3n) is 4.15. The highest BCUT2D eigenvalue weighted by molar-refractivity contribution is 7.92. The van der Waals surface area contributed by atoms with E-state index in [0.29, 0.717) is 17.8 Å². The summed E-state index contributed by atoms with van der Waals surface area (Å²) in [5, 5.41) is 2.89. The monoisotopic (exact) mass is 398 g/mol. The number of carbonyl (C=O) groups is 1. The van der Waals surface area contributed by atoms with E-state index in [1.54, 1.807) is 24.7 Å². The van der Waals surface area contributed by atoms with Crippen molar-refractivity contribution in [2.75, 3.05) is 4.72 Å². The minimum Gasteiger partial charge on any atom is -0.348 e. The quantitative estimate of drug-likeness (QED) is 0.640. The topological polar surface area (TPSA) is 93.1 Å². The number of aryl methyl sites for hydroxylation is 1. The van der Waals surface area contributed by atoms with Crippen LogP contribution in [-0.4, -0.2) is 29.9 Å². The number of aromatic nitrogens is 2. The van der Waals surface area contributed by atoms with Crippen LogP contribution in [0.15, 0.2) is 72.1 Å². The van der Waals surface area contributed by atoms with Gasteiger partial charge in [-0.3, -0.25) is 9.52 Å². The first kappa shape index (κ1) is 19.6. The van der Waals surface area contributed by atoms with Crippen LogP contribution in [0.1, 0.15) is 22.8 Å². The molecule has 3 aromatic rings. The molecule has 0 spiro atoms. The molecule has 1 heterocycles. The zero-order chi connectivity index (χ0) is 20.1. The summed E-state index contributed by atoms with van der Waals surface area (Å²) in [6.07, 6.45) is 5.19. The summed E-state index contributed by atoms with van der Waals surface area (Å²) in [6.45, 7) is 4.42. The van der Waals surface area contributed by atoms with E-state index in [-0.39, 0.29) is 16.8 Å². The minimum absolute atomic E-state index is 0.0936. The van der Waals surface area contributed by atoms with Gasteiger partial charge in [0, 0.05) is 36.2 Å². The van der Waals surface area contributed by atoms with Crippen LogP contribution in [0.3, 0.4) is 0 Å². The summed E-state index contributed by atoms with van der Waals surface area (Å²) >= 11 is 0. The Morgan fingerprint density at radius 2 is 1.79 bits per heavy atom. The molecule has 0 saturated carbocycles. The van der Waals surface area contributed by atoms with Gasteiger partial charge in [-0.05, 0) is 50.2 Å². The van der Waals surface area contributed by atoms with Crippen molar-refractivity contribution >= 4 is 21.6 Å². The normalized spacial score (nSPS) is 12.4. The van der Waals surface area contributed by atoms with Crippen LogP contribution in [0.4, 0.5) is 5.69 Å². The van der Waals surface area contributed by atoms with E-state index >= 15 is 0 Å². The van der Waals surface area contributed by atoms with E-state index in [9.17, 15) is 13.2 Å². The van der Waals surface area contributed by atoms with Crippen LogP contribution in [0.2, 0.25) is 0 Å². The highest BCUT2D eigenvalue weighted by atomic mass is 32.2. The van der Waals surface area contributed by atoms with Gasteiger partial charge in [0.25, 0.3) is 15.9 Å². The molecule has 8 heteroatoms. The number of carbonyl (C=O) groups excluding carboxylic acids is 1. The molecule has 0 aliphatic carbocycles. The number of imidazole rings is 1. The van der Waals surface area contributed by atoms with Crippen LogP contribution >= 0.6 is 0 Å². The molecule has 0 aliphatic rings. The second-order valence-electron chi connectivity index (χ2n) is 6.63. The molecule has 0 aliphatic heterocycles. The molecule has 3 rings (SSSR count). The number of hydrogen-bond acceptors (Lipinski definition) is 4. The Bertz CT molecular complexity index is 1030. The van der Waals surface area contributed by atoms with Gasteiger partial charge < -0.3 is 9.88 Å². The maximum absolute atomic E-state index is 12.5. The van der Waals surface area contributed by atoms with Gasteiger partial charge in [-0.25, -0.2) is 13.4 Å². The molecule has 1 aromatic heterocycles. The first-order valence-corrected chi connectivity index (χ1v) is 10.3. The molecule has 0 saturated heterocycles. The lowest BCUT2D eigenvalue weighted by Gasteiger charge is -2.14. The summed E-state index contributed by atoms with van der Waals surface area (Å²) in [7, 11) is -3.72. The van der Waals surface area contributed by atoms with Crippen molar-refractivity contribution in [1.82, 2.24) is 14.9 Å². The van der Waals surface area contributed by atoms with Crippen LogP contribution in [0.5, 0.6) is 0 Å². The zero-order valence-corrected chi connectivity index (χ0v) is 16.5. The smallest absolute Gasteiger partial charge is 0.261 e. The summed E-state index contributed by atoms with van der Waals surface area (Å²) in [6, 6.07) is 12.8. The minimum atomic E-state index is -3.72. The number of amides is 1. The van der Waals surface area contributed by atoms with Gasteiger partial charge in [0.15, 0.2) is 0 Å². The van der Waals surface area contributed by atoms with E-state index in [0.717, 1.165) is 5.56 Å². The number of rotatable bonds is 7. The molecule has 146 valence electrons. The maximum atomic E-state index is 12.5. The molecule has 1 amide bonds. The zero-order valence-electron chi connectivity index (χ0n) is 15.7. The molecule has 0 radical (unpaired) electrons. The molecule has 0 unspecified atom stereocenters. The fourth-order valence-electron chi connectivity index (χ4n) is 2.68. The van der Waals surface area contributed by atoms with Gasteiger partial charge in [-0.15, -0.1) is 0 Å². The van der Waals surface area contributed by atoms with Gasteiger partial charge in [-0.1, -0.05) is 17.7 Å². The van der Waals surface area contributed by atoms with Crippen molar-refractivity contribution in [1.29, 1.82) is 0 Å². The van der Waals surface area contributed by atoms with Crippen LogP contribution in [-0.2, 0) is 16.6 Å². The van der Waals surface area contributed by atoms with Gasteiger partial charge >= 0.3 is 0 Å². The molecular formula is C20H22N4O3S. The van der Waals surface area contributed by atoms with Gasteiger partial charge in [-0.2, -0.15) is 0 Å². The number of nitrogens with one attached hydrogen (secondary N) is 2. The summed E-state index contributed by atoms with van der Waals surface area (Å²) in [5.74, 6) is -0.261. The molecule has 1 atom stereocenters. The average Bonchev–Trinajstić information content (AvgIpc) is 3.16. The third-order valence-corrected chi connectivity index (χ3v) is 5.55. The van der Waals surface area contributed by atoms with Crippen molar-refractivity contribution in [3.63, 3.8) is 0 Å². The second kappa shape index (κ2) is 8.26. The lowest BCUT2D eigenvalue weighted by Crippen LogP contribution is -2.35. The average molecular weight is 398 g/mol. The van der Waals surface area contributed by atoms with Crippen LogP contribution < -0.4 is 10.0 Å². The first-order chi connectivity index (χ1) is 13.3. The lowest BCUT2D eigenvalue weighted by atomic mass is 10.2. The Balaban J connectivity index is 1.64. The lowest BCUT2D eigenvalue weighted by molar-refractivity contribution is 0.0936. The van der Waals surface area contributed by atoms with Crippen molar-refractivity contribution < 1.29 is 13.2 Å². The fourth-order valence-corrected chi connectivity index (χ4v) is 3.74. The summed E-state index contributed by atoms with van der Waals surface area (Å²) in [4.78, 5) is 16.4. The number of nitrogens with zero attached hydrogens (tertiary/aromatic N) is 2. The highest BCUT2D eigenvalue weighted by Crippen LogP contribution is 2.17. The Hall–Kier alpha value is -3.13. The molecule has 2 aromatic carbocycles. The highest BCUT2D eigenvalue weighted by Gasteiger charge is 2.16. The van der Waals surface area contributed by atoms with E-state index < -0.39 is 10.0 Å². The van der Waals surface area contributed by atoms with Crippen molar-refractivity contribution in [3.8, 4) is 0 Å². The van der Waals surface area contributed by atoms with E-state index in [4.69, 9.17) is 0 Å². The maximum Gasteiger partial charge on any atom is 0.261 e. The molecule has 0 bridgehead atoms. The van der Waals surface area contributed by atoms with E-state index in [2.05, 4.69) is 15.0 Å². The number of anilines is 1. The van der Waals surface area contributed by atoms with E-state index in [1.165, 1.54) is 24.3 Å². The predicted octanol–water partition coefficient (Wildman–Crippen LogP) is 2.81. The van der Waals surface area contributed by atoms with Crippen molar-refractivity contribution in [2.45, 2.75) is 31.3 Å². The number of sulfonamides is 1. The Morgan fingerprint density at radius 3 is 2.39 bits per heavy atom. The van der Waals surface area contributed by atoms with Gasteiger partial charge in [0.1, 0.15) is 0 Å². The number of hydrogen-bond donors (Lipinski definition) is 2. The summed E-state index contributed by atoms with van der Waals surface area (Å²) < 4.78 is 29.4. The first-order valence-electron chi connectivity index (χ1n) is 8.80. The predicted molar refractivity (Wildman–Crippen MR) is 108 cm³/mol. The standard InChI is InChI=1S/C20H22N4O3S/c1-15-3-7-18(8-4-15)23-28(26,27)19-9-5-17(6-10-19)20(25)22-16(2)13-24-12-11-21-14-24/h3-12,14,16,23H,13H2,1-2H3,(H,22,25)/t16-/m0/s1. The van der Waals surface area contributed by atoms with Gasteiger partial charge in [0.2, 0.25) is 0 Å². The third kappa shape index (κ3) is 4.98. The Labute approximate surface area is 164 Å². The molecule has 7 nitrogen and oxygen atoms in total. The van der Waals surface area contributed by atoms with Crippen LogP contribution in [0.25, 0.3) is 0 Å².